The molecule has 5 N–H and O–H groups in total. The van der Waals surface area contributed by atoms with Crippen LogP contribution in [-0.4, -0.2) is 41.4 Å². The largest absolute Gasteiger partial charge is 0.398 e. The Morgan fingerprint density at radius 1 is 1.31 bits per heavy atom. The number of nitrogen functional groups attached to an aromatic ring is 1. The van der Waals surface area contributed by atoms with Crippen molar-refractivity contribution in [3.8, 4) is 0 Å². The number of aryl methyl sites for hydroxylation is 2. The number of amides is 1. The van der Waals surface area contributed by atoms with Gasteiger partial charge in [-0.2, -0.15) is 0 Å². The average Bonchev–Trinajstić information content (AvgIpc) is 3.11. The van der Waals surface area contributed by atoms with Gasteiger partial charge in [0.25, 0.3) is 0 Å². The molecule has 0 bridgehead atoms. The number of anilines is 3. The zero-order chi connectivity index (χ0) is 20.8. The van der Waals surface area contributed by atoms with Crippen LogP contribution in [0.2, 0.25) is 0 Å². The van der Waals surface area contributed by atoms with Crippen LogP contribution in [0.15, 0.2) is 29.4 Å². The second kappa shape index (κ2) is 9.91. The number of carbonyl (C=O) groups excluding carboxylic acids is 1. The molecule has 7 nitrogen and oxygen atoms in total. The average molecular weight is 431 g/mol. The van der Waals surface area contributed by atoms with Crippen LogP contribution in [0.3, 0.4) is 0 Å². The second-order valence-electron chi connectivity index (χ2n) is 6.89. The number of thiol groups is 1. The van der Waals surface area contributed by atoms with E-state index in [0.717, 1.165) is 34.1 Å². The lowest BCUT2D eigenvalue weighted by atomic mass is 9.97. The van der Waals surface area contributed by atoms with Crippen LogP contribution in [0.4, 0.5) is 17.2 Å². The smallest absolute Gasteiger partial charge is 0.209 e. The standard InChI is InChI=1S/C16H16N4S2.C4H10N2O/c17-11-6-5-9(7-12(11)21)20-15-14-10-3-1-2-4-13(10)22-16(14)19-8-18-15;1-6(4-7)3-2-5/h5-8,21H,1-4,17H2,(H,18,19,20);4H,2-3,5H2,1H3. The highest BCUT2D eigenvalue weighted by molar-refractivity contribution is 7.80. The van der Waals surface area contributed by atoms with Crippen molar-refractivity contribution in [1.82, 2.24) is 14.9 Å². The summed E-state index contributed by atoms with van der Waals surface area (Å²) in [5.41, 5.74) is 14.0. The minimum absolute atomic E-state index is 0.537. The highest BCUT2D eigenvalue weighted by Crippen LogP contribution is 2.39. The predicted octanol–water partition coefficient (Wildman–Crippen LogP) is 3.22. The van der Waals surface area contributed by atoms with Crippen molar-refractivity contribution in [3.63, 3.8) is 0 Å². The third kappa shape index (κ3) is 5.17. The molecule has 0 aliphatic heterocycles. The number of thiophene rings is 1. The van der Waals surface area contributed by atoms with Gasteiger partial charge >= 0.3 is 0 Å². The van der Waals surface area contributed by atoms with Crippen molar-refractivity contribution in [2.24, 2.45) is 5.73 Å². The molecule has 154 valence electrons. The van der Waals surface area contributed by atoms with Gasteiger partial charge in [0.1, 0.15) is 17.0 Å². The lowest BCUT2D eigenvalue weighted by Crippen LogP contribution is -2.23. The number of benzene rings is 1. The predicted molar refractivity (Wildman–Crippen MR) is 123 cm³/mol. The maximum atomic E-state index is 9.77. The first kappa shape index (κ1) is 21.4. The van der Waals surface area contributed by atoms with Crippen LogP contribution >= 0.6 is 24.0 Å². The molecule has 1 aliphatic carbocycles. The van der Waals surface area contributed by atoms with Crippen LogP contribution in [0, 0.1) is 0 Å². The van der Waals surface area contributed by atoms with E-state index in [2.05, 4.69) is 27.9 Å². The van der Waals surface area contributed by atoms with Gasteiger partial charge in [0.15, 0.2) is 0 Å². The van der Waals surface area contributed by atoms with Crippen molar-refractivity contribution < 1.29 is 4.79 Å². The molecular formula is C20H26N6OS2. The van der Waals surface area contributed by atoms with Gasteiger partial charge in [-0.15, -0.1) is 24.0 Å². The molecule has 0 radical (unpaired) electrons. The van der Waals surface area contributed by atoms with E-state index < -0.39 is 0 Å². The monoisotopic (exact) mass is 430 g/mol. The summed E-state index contributed by atoms with van der Waals surface area (Å²) in [5.74, 6) is 0.877. The molecule has 2 aromatic heterocycles. The topological polar surface area (TPSA) is 110 Å². The Morgan fingerprint density at radius 3 is 2.79 bits per heavy atom. The third-order valence-corrected chi connectivity index (χ3v) is 6.29. The van der Waals surface area contributed by atoms with Gasteiger partial charge in [-0.05, 0) is 49.4 Å². The van der Waals surface area contributed by atoms with Crippen LogP contribution in [0.1, 0.15) is 23.3 Å². The molecule has 9 heteroatoms. The first-order valence-corrected chi connectivity index (χ1v) is 10.8. The molecule has 29 heavy (non-hydrogen) atoms. The van der Waals surface area contributed by atoms with Gasteiger partial charge < -0.3 is 21.7 Å². The van der Waals surface area contributed by atoms with Gasteiger partial charge in [-0.3, -0.25) is 4.79 Å². The summed E-state index contributed by atoms with van der Waals surface area (Å²) in [5, 5.41) is 4.58. The number of likely N-dealkylation sites (N-methyl/N-ethyl adjacent to an activating group) is 1. The summed E-state index contributed by atoms with van der Waals surface area (Å²) in [6.45, 7) is 1.18. The summed E-state index contributed by atoms with van der Waals surface area (Å²) in [7, 11) is 1.69. The fraction of sp³-hybridized carbons (Fsp3) is 0.350. The molecule has 1 aliphatic rings. The van der Waals surface area contributed by atoms with Crippen LogP contribution < -0.4 is 16.8 Å². The van der Waals surface area contributed by atoms with Crippen molar-refractivity contribution in [2.45, 2.75) is 30.6 Å². The van der Waals surface area contributed by atoms with Crippen molar-refractivity contribution in [3.05, 3.63) is 35.0 Å². The molecule has 0 atom stereocenters. The van der Waals surface area contributed by atoms with Crippen LogP contribution in [0.5, 0.6) is 0 Å². The van der Waals surface area contributed by atoms with E-state index in [-0.39, 0.29) is 0 Å². The zero-order valence-corrected chi connectivity index (χ0v) is 18.1. The molecular weight excluding hydrogens is 404 g/mol. The highest BCUT2D eigenvalue weighted by atomic mass is 32.1. The SMILES string of the molecule is CN(C=O)CCN.Nc1ccc(Nc2ncnc3sc4c(c23)CCCC4)cc1S. The van der Waals surface area contributed by atoms with Crippen molar-refractivity contribution >= 4 is 57.8 Å². The minimum atomic E-state index is 0.537. The minimum Gasteiger partial charge on any atom is -0.398 e. The summed E-state index contributed by atoms with van der Waals surface area (Å²) >= 11 is 6.18. The van der Waals surface area contributed by atoms with Gasteiger partial charge in [0, 0.05) is 41.3 Å². The Morgan fingerprint density at radius 2 is 2.10 bits per heavy atom. The number of carbonyl (C=O) groups is 1. The van der Waals surface area contributed by atoms with Crippen molar-refractivity contribution in [2.75, 3.05) is 31.2 Å². The van der Waals surface area contributed by atoms with Gasteiger partial charge in [0.2, 0.25) is 6.41 Å². The maximum absolute atomic E-state index is 9.77. The number of fused-ring (bicyclic) bond motifs is 3. The number of aromatic nitrogens is 2. The highest BCUT2D eigenvalue weighted by Gasteiger charge is 2.19. The Labute approximate surface area is 179 Å². The van der Waals surface area contributed by atoms with E-state index >= 15 is 0 Å². The number of rotatable bonds is 5. The number of nitrogens with two attached hydrogens (primary N) is 2. The Balaban J connectivity index is 0.000000298. The van der Waals surface area contributed by atoms with Crippen molar-refractivity contribution in [1.29, 1.82) is 0 Å². The molecule has 0 spiro atoms. The van der Waals surface area contributed by atoms with E-state index in [1.807, 2.05) is 18.2 Å². The number of nitrogens with one attached hydrogen (secondary N) is 1. The quantitative estimate of drug-likeness (QED) is 0.281. The zero-order valence-electron chi connectivity index (χ0n) is 16.4. The number of hydrogen-bond acceptors (Lipinski definition) is 8. The lowest BCUT2D eigenvalue weighted by molar-refractivity contribution is -0.116. The summed E-state index contributed by atoms with van der Waals surface area (Å²) in [6.07, 6.45) is 7.20. The van der Waals surface area contributed by atoms with E-state index in [1.165, 1.54) is 40.0 Å². The van der Waals surface area contributed by atoms with Crippen LogP contribution in [0.25, 0.3) is 10.2 Å². The fourth-order valence-electron chi connectivity index (χ4n) is 3.20. The molecule has 1 aromatic carbocycles. The lowest BCUT2D eigenvalue weighted by Gasteiger charge is -2.13. The van der Waals surface area contributed by atoms with Gasteiger partial charge in [-0.25, -0.2) is 9.97 Å². The Bertz CT molecular complexity index is 991. The van der Waals surface area contributed by atoms with E-state index in [9.17, 15) is 4.79 Å². The molecule has 1 amide bonds. The molecule has 0 saturated heterocycles. The molecule has 0 saturated carbocycles. The molecule has 0 unspecified atom stereocenters. The van der Waals surface area contributed by atoms with E-state index in [0.29, 0.717) is 18.8 Å². The first-order chi connectivity index (χ1) is 14.0. The van der Waals surface area contributed by atoms with Gasteiger partial charge in [-0.1, -0.05) is 0 Å². The second-order valence-corrected chi connectivity index (χ2v) is 8.45. The molecule has 4 rings (SSSR count). The summed E-state index contributed by atoms with van der Waals surface area (Å²) in [4.78, 5) is 23.5. The Kier molecular flexibility index (Phi) is 7.29. The summed E-state index contributed by atoms with van der Waals surface area (Å²) < 4.78 is 0. The Hall–Kier alpha value is -2.36. The normalized spacial score (nSPS) is 12.7. The molecule has 0 fully saturated rings. The third-order valence-electron chi connectivity index (χ3n) is 4.71. The fourth-order valence-corrected chi connectivity index (χ4v) is 4.64. The number of nitrogens with zero attached hydrogens (tertiary/aromatic N) is 3. The molecule has 2 heterocycles. The maximum Gasteiger partial charge on any atom is 0.209 e. The molecule has 3 aromatic rings. The van der Waals surface area contributed by atoms with Crippen LogP contribution in [-0.2, 0) is 17.6 Å². The van der Waals surface area contributed by atoms with Gasteiger partial charge in [0.05, 0.1) is 5.39 Å². The first-order valence-electron chi connectivity index (χ1n) is 9.49. The van der Waals surface area contributed by atoms with E-state index in [1.54, 1.807) is 24.7 Å². The number of hydrogen-bond donors (Lipinski definition) is 4. The summed E-state index contributed by atoms with van der Waals surface area (Å²) in [6, 6.07) is 5.72. The van der Waals surface area contributed by atoms with E-state index in [4.69, 9.17) is 11.5 Å².